The highest BCUT2D eigenvalue weighted by Crippen LogP contribution is 2.31. The Kier molecular flexibility index (Phi) is 5.83. The van der Waals surface area contributed by atoms with E-state index in [2.05, 4.69) is 15.0 Å². The number of H-pyrrole nitrogens is 1. The van der Waals surface area contributed by atoms with Crippen molar-refractivity contribution in [2.75, 3.05) is 32.8 Å². The summed E-state index contributed by atoms with van der Waals surface area (Å²) in [5.74, 6) is -2.45. The Morgan fingerprint density at radius 3 is 2.57 bits per heavy atom. The Bertz CT molecular complexity index is 1100. The molecule has 1 aliphatic rings. The van der Waals surface area contributed by atoms with Crippen LogP contribution in [0, 0.1) is 11.6 Å². The Morgan fingerprint density at radius 2 is 1.90 bits per heavy atom. The molecule has 4 rings (SSSR count). The first-order valence-electron chi connectivity index (χ1n) is 10.1. The molecule has 9 heteroatoms. The minimum atomic E-state index is -0.866. The Balaban J connectivity index is 1.74. The second-order valence-corrected chi connectivity index (χ2v) is 7.33. The van der Waals surface area contributed by atoms with Crippen LogP contribution in [0.5, 0.6) is 5.75 Å². The van der Waals surface area contributed by atoms with Gasteiger partial charge in [-0.2, -0.15) is 5.10 Å². The molecule has 1 saturated heterocycles. The van der Waals surface area contributed by atoms with E-state index in [0.717, 1.165) is 51.4 Å². The van der Waals surface area contributed by atoms with Crippen molar-refractivity contribution in [3.63, 3.8) is 0 Å². The van der Waals surface area contributed by atoms with Crippen LogP contribution < -0.4 is 5.43 Å². The second-order valence-electron chi connectivity index (χ2n) is 7.33. The zero-order valence-corrected chi connectivity index (χ0v) is 16.8. The minimum absolute atomic E-state index is 0.252. The average molecular weight is 418 g/mol. The zero-order chi connectivity index (χ0) is 21.3. The number of halogens is 2. The van der Waals surface area contributed by atoms with Crippen molar-refractivity contribution in [3.05, 3.63) is 45.8 Å². The van der Waals surface area contributed by atoms with Gasteiger partial charge in [-0.1, -0.05) is 13.0 Å². The fourth-order valence-electron chi connectivity index (χ4n) is 3.88. The number of hydrogen-bond acceptors (Lipinski definition) is 5. The molecular formula is C21H24F2N4O3. The lowest BCUT2D eigenvalue weighted by Gasteiger charge is -2.26. The van der Waals surface area contributed by atoms with Crippen molar-refractivity contribution >= 4 is 11.0 Å². The molecule has 0 unspecified atom stereocenters. The van der Waals surface area contributed by atoms with E-state index in [0.29, 0.717) is 24.3 Å². The molecule has 2 N–H and O–H groups in total. The minimum Gasteiger partial charge on any atom is -0.503 e. The summed E-state index contributed by atoms with van der Waals surface area (Å²) in [6.45, 7) is 6.42. The van der Waals surface area contributed by atoms with Gasteiger partial charge in [-0.15, -0.1) is 0 Å². The van der Waals surface area contributed by atoms with Gasteiger partial charge in [-0.25, -0.2) is 13.5 Å². The van der Waals surface area contributed by atoms with Crippen LogP contribution in [0.25, 0.3) is 22.3 Å². The van der Waals surface area contributed by atoms with Crippen molar-refractivity contribution in [3.8, 4) is 17.0 Å². The normalized spacial score (nSPS) is 15.2. The molecule has 0 aliphatic carbocycles. The summed E-state index contributed by atoms with van der Waals surface area (Å²) in [6.07, 6.45) is 1.27. The van der Waals surface area contributed by atoms with Crippen molar-refractivity contribution in [2.45, 2.75) is 26.3 Å². The molecule has 0 spiro atoms. The van der Waals surface area contributed by atoms with Gasteiger partial charge < -0.3 is 14.8 Å². The molecule has 30 heavy (non-hydrogen) atoms. The maximum Gasteiger partial charge on any atom is 0.235 e. The van der Waals surface area contributed by atoms with Gasteiger partial charge in [0.05, 0.1) is 35.6 Å². The van der Waals surface area contributed by atoms with Crippen LogP contribution in [0.2, 0.25) is 0 Å². The molecule has 3 aromatic rings. The summed E-state index contributed by atoms with van der Waals surface area (Å²) in [4.78, 5) is 18.0. The number of aromatic nitrogens is 3. The molecule has 2 aromatic heterocycles. The third-order valence-corrected chi connectivity index (χ3v) is 5.44. The highest BCUT2D eigenvalue weighted by molar-refractivity contribution is 5.84. The number of hydrogen-bond donors (Lipinski definition) is 2. The van der Waals surface area contributed by atoms with Gasteiger partial charge in [0.15, 0.2) is 5.75 Å². The summed E-state index contributed by atoms with van der Waals surface area (Å²) in [5, 5.41) is 15.2. The van der Waals surface area contributed by atoms with E-state index in [-0.39, 0.29) is 11.1 Å². The molecule has 0 saturated carbocycles. The smallest absolute Gasteiger partial charge is 0.235 e. The second kappa shape index (κ2) is 8.53. The number of fused-ring (bicyclic) bond motifs is 1. The topological polar surface area (TPSA) is 83.4 Å². The fourth-order valence-corrected chi connectivity index (χ4v) is 3.88. The summed E-state index contributed by atoms with van der Waals surface area (Å²) < 4.78 is 35.6. The molecule has 1 aliphatic heterocycles. The number of aryl methyl sites for hydroxylation is 2. The first-order chi connectivity index (χ1) is 14.5. The van der Waals surface area contributed by atoms with E-state index in [1.807, 2.05) is 6.92 Å². The monoisotopic (exact) mass is 418 g/mol. The number of aromatic hydroxyl groups is 1. The highest BCUT2D eigenvalue weighted by atomic mass is 19.1. The van der Waals surface area contributed by atoms with Crippen molar-refractivity contribution < 1.29 is 18.6 Å². The summed E-state index contributed by atoms with van der Waals surface area (Å²) in [6, 6.07) is 3.39. The average Bonchev–Trinajstić information content (AvgIpc) is 3.10. The molecule has 0 bridgehead atoms. The van der Waals surface area contributed by atoms with E-state index in [1.165, 1.54) is 6.07 Å². The number of aromatic amines is 1. The number of pyridine rings is 1. The number of nitrogens with one attached hydrogen (secondary N) is 1. The van der Waals surface area contributed by atoms with Gasteiger partial charge in [-0.3, -0.25) is 9.69 Å². The standard InChI is InChI=1S/C21H24F2N4O3/c1-2-15-17-19(28)20(29)18(16-13(22)5-3-6-14(16)23)24-21(17)27(25-15)8-4-7-26-9-11-30-12-10-26/h3,5-6,29H,2,4,7-12H2,1H3,(H,24,28). The molecule has 7 nitrogen and oxygen atoms in total. The van der Waals surface area contributed by atoms with Gasteiger partial charge in [-0.05, 0) is 25.0 Å². The lowest BCUT2D eigenvalue weighted by molar-refractivity contribution is 0.0368. The fraction of sp³-hybridized carbons (Fsp3) is 0.429. The van der Waals surface area contributed by atoms with Gasteiger partial charge in [0.2, 0.25) is 5.43 Å². The SMILES string of the molecule is CCc1nn(CCCN2CCOCC2)c2[nH]c(-c3c(F)cccc3F)c(O)c(=O)c12. The van der Waals surface area contributed by atoms with Gasteiger partial charge in [0.25, 0.3) is 0 Å². The quantitative estimate of drug-likeness (QED) is 0.643. The molecule has 160 valence electrons. The summed E-state index contributed by atoms with van der Waals surface area (Å²) >= 11 is 0. The highest BCUT2D eigenvalue weighted by Gasteiger charge is 2.23. The first kappa shape index (κ1) is 20.5. The van der Waals surface area contributed by atoms with Crippen LogP contribution in [-0.2, 0) is 17.7 Å². The van der Waals surface area contributed by atoms with Crippen LogP contribution >= 0.6 is 0 Å². The van der Waals surface area contributed by atoms with Crippen LogP contribution in [-0.4, -0.2) is 57.6 Å². The molecule has 1 aromatic carbocycles. The molecule has 0 amide bonds. The largest absolute Gasteiger partial charge is 0.503 e. The number of morpholine rings is 1. The zero-order valence-electron chi connectivity index (χ0n) is 16.8. The molecule has 1 fully saturated rings. The van der Waals surface area contributed by atoms with E-state index in [9.17, 15) is 18.7 Å². The number of nitrogens with zero attached hydrogens (tertiary/aromatic N) is 3. The van der Waals surface area contributed by atoms with E-state index >= 15 is 0 Å². The number of rotatable bonds is 6. The molecule has 3 heterocycles. The summed E-state index contributed by atoms with van der Waals surface area (Å²) in [7, 11) is 0. The third-order valence-electron chi connectivity index (χ3n) is 5.44. The predicted molar refractivity (Wildman–Crippen MR) is 109 cm³/mol. The van der Waals surface area contributed by atoms with Crippen LogP contribution in [0.4, 0.5) is 8.78 Å². The van der Waals surface area contributed by atoms with Crippen LogP contribution in [0.1, 0.15) is 19.0 Å². The lowest BCUT2D eigenvalue weighted by atomic mass is 10.1. The Labute approximate surface area is 171 Å². The Hall–Kier alpha value is -2.78. The Morgan fingerprint density at radius 1 is 1.20 bits per heavy atom. The molecule has 0 atom stereocenters. The number of ether oxygens (including phenoxy) is 1. The van der Waals surface area contributed by atoms with Gasteiger partial charge in [0, 0.05) is 26.2 Å². The first-order valence-corrected chi connectivity index (χ1v) is 10.1. The maximum atomic E-state index is 14.3. The van der Waals surface area contributed by atoms with E-state index < -0.39 is 28.4 Å². The van der Waals surface area contributed by atoms with Crippen LogP contribution in [0.15, 0.2) is 23.0 Å². The van der Waals surface area contributed by atoms with Crippen LogP contribution in [0.3, 0.4) is 0 Å². The van der Waals surface area contributed by atoms with E-state index in [1.54, 1.807) is 4.68 Å². The van der Waals surface area contributed by atoms with Crippen molar-refractivity contribution in [1.29, 1.82) is 0 Å². The lowest BCUT2D eigenvalue weighted by Crippen LogP contribution is -2.37. The number of benzene rings is 1. The maximum absolute atomic E-state index is 14.3. The van der Waals surface area contributed by atoms with Gasteiger partial charge in [0.1, 0.15) is 17.3 Å². The molecule has 0 radical (unpaired) electrons. The third kappa shape index (κ3) is 3.70. The predicted octanol–water partition coefficient (Wildman–Crippen LogP) is 2.66. The molecular weight excluding hydrogens is 394 g/mol. The van der Waals surface area contributed by atoms with Gasteiger partial charge >= 0.3 is 0 Å². The van der Waals surface area contributed by atoms with E-state index in [4.69, 9.17) is 4.74 Å². The van der Waals surface area contributed by atoms with Crippen molar-refractivity contribution in [1.82, 2.24) is 19.7 Å². The van der Waals surface area contributed by atoms with Crippen molar-refractivity contribution in [2.24, 2.45) is 0 Å². The summed E-state index contributed by atoms with van der Waals surface area (Å²) in [5.41, 5.74) is -0.534.